The molecule has 0 saturated carbocycles. The van der Waals surface area contributed by atoms with E-state index in [0.29, 0.717) is 21.8 Å². The molecule has 1 unspecified atom stereocenters. The standard InChI is InChI=1S/C14H24N2O3S2/c1-5-6-15-13-9-11(2)14(12(3)10-13)21(18,19)16-7-8-20(4)17/h9-10,15-16H,5-8H2,1-4H3. The molecule has 0 spiro atoms. The minimum absolute atomic E-state index is 0.181. The first kappa shape index (κ1) is 18.1. The zero-order valence-electron chi connectivity index (χ0n) is 13.0. The maximum absolute atomic E-state index is 12.4. The van der Waals surface area contributed by atoms with Crippen LogP contribution in [0.1, 0.15) is 24.5 Å². The van der Waals surface area contributed by atoms with Gasteiger partial charge in [0.05, 0.1) is 4.90 Å². The Morgan fingerprint density at radius 2 is 1.71 bits per heavy atom. The Hall–Kier alpha value is -0.920. The Kier molecular flexibility index (Phi) is 6.83. The molecule has 7 heteroatoms. The van der Waals surface area contributed by atoms with Gasteiger partial charge in [-0.3, -0.25) is 4.21 Å². The zero-order chi connectivity index (χ0) is 16.0. The number of benzene rings is 1. The highest BCUT2D eigenvalue weighted by molar-refractivity contribution is 7.89. The summed E-state index contributed by atoms with van der Waals surface area (Å²) in [5.74, 6) is 0.313. The second kappa shape index (κ2) is 7.91. The molecule has 0 aliphatic rings. The lowest BCUT2D eigenvalue weighted by atomic mass is 10.1. The van der Waals surface area contributed by atoms with Crippen LogP contribution in [0.5, 0.6) is 0 Å². The first-order valence-corrected chi connectivity index (χ1v) is 10.1. The van der Waals surface area contributed by atoms with Gasteiger partial charge in [0.25, 0.3) is 0 Å². The summed E-state index contributed by atoms with van der Waals surface area (Å²) in [6, 6.07) is 3.68. The zero-order valence-corrected chi connectivity index (χ0v) is 14.7. The van der Waals surface area contributed by atoms with Crippen LogP contribution in [0.15, 0.2) is 17.0 Å². The third-order valence-electron chi connectivity index (χ3n) is 2.99. The summed E-state index contributed by atoms with van der Waals surface area (Å²) in [6.07, 6.45) is 2.56. The van der Waals surface area contributed by atoms with E-state index in [1.807, 2.05) is 12.1 Å². The van der Waals surface area contributed by atoms with E-state index in [4.69, 9.17) is 0 Å². The first-order chi connectivity index (χ1) is 9.77. The highest BCUT2D eigenvalue weighted by Crippen LogP contribution is 2.24. The van der Waals surface area contributed by atoms with Crippen LogP contribution in [0.2, 0.25) is 0 Å². The van der Waals surface area contributed by atoms with E-state index in [-0.39, 0.29) is 6.54 Å². The van der Waals surface area contributed by atoms with E-state index in [2.05, 4.69) is 17.0 Å². The summed E-state index contributed by atoms with van der Waals surface area (Å²) in [4.78, 5) is 0.312. The topological polar surface area (TPSA) is 75.3 Å². The highest BCUT2D eigenvalue weighted by atomic mass is 32.2. The molecule has 0 aliphatic heterocycles. The van der Waals surface area contributed by atoms with Gasteiger partial charge in [-0.05, 0) is 43.5 Å². The molecule has 0 bridgehead atoms. The molecule has 21 heavy (non-hydrogen) atoms. The third-order valence-corrected chi connectivity index (χ3v) is 5.53. The number of hydrogen-bond acceptors (Lipinski definition) is 4. The third kappa shape index (κ3) is 5.41. The molecule has 0 heterocycles. The van der Waals surface area contributed by atoms with Crippen molar-refractivity contribution < 1.29 is 12.6 Å². The fourth-order valence-electron chi connectivity index (χ4n) is 2.14. The lowest BCUT2D eigenvalue weighted by Crippen LogP contribution is -2.29. The Bertz CT molecular complexity index is 590. The molecule has 0 amide bonds. The van der Waals surface area contributed by atoms with Gasteiger partial charge in [-0.15, -0.1) is 0 Å². The Labute approximate surface area is 130 Å². The fourth-order valence-corrected chi connectivity index (χ4v) is 4.14. The molecule has 0 aliphatic carbocycles. The van der Waals surface area contributed by atoms with Gasteiger partial charge in [-0.25, -0.2) is 13.1 Å². The van der Waals surface area contributed by atoms with Crippen molar-refractivity contribution in [2.75, 3.05) is 30.4 Å². The van der Waals surface area contributed by atoms with Crippen LogP contribution in [-0.4, -0.2) is 37.7 Å². The van der Waals surface area contributed by atoms with Gasteiger partial charge in [-0.2, -0.15) is 0 Å². The number of hydrogen-bond donors (Lipinski definition) is 2. The van der Waals surface area contributed by atoms with E-state index in [1.54, 1.807) is 20.1 Å². The predicted octanol–water partition coefficient (Wildman–Crippen LogP) is 1.78. The average molecular weight is 332 g/mol. The normalized spacial score (nSPS) is 13.1. The summed E-state index contributed by atoms with van der Waals surface area (Å²) < 4.78 is 38.2. The molecular formula is C14H24N2O3S2. The van der Waals surface area contributed by atoms with Crippen molar-refractivity contribution in [3.8, 4) is 0 Å². The number of aryl methyl sites for hydroxylation is 2. The lowest BCUT2D eigenvalue weighted by Gasteiger charge is -2.14. The van der Waals surface area contributed by atoms with Crippen LogP contribution in [-0.2, 0) is 20.8 Å². The van der Waals surface area contributed by atoms with Gasteiger partial charge in [-0.1, -0.05) is 6.92 Å². The Morgan fingerprint density at radius 3 is 2.19 bits per heavy atom. The van der Waals surface area contributed by atoms with Crippen molar-refractivity contribution in [2.45, 2.75) is 32.1 Å². The summed E-state index contributed by atoms with van der Waals surface area (Å²) in [5.41, 5.74) is 2.35. The Morgan fingerprint density at radius 1 is 1.14 bits per heavy atom. The molecular weight excluding hydrogens is 308 g/mol. The largest absolute Gasteiger partial charge is 0.385 e. The molecule has 0 radical (unpaired) electrons. The van der Waals surface area contributed by atoms with Gasteiger partial charge < -0.3 is 5.32 Å². The summed E-state index contributed by atoms with van der Waals surface area (Å²) in [7, 11) is -4.58. The monoisotopic (exact) mass is 332 g/mol. The van der Waals surface area contributed by atoms with E-state index < -0.39 is 20.8 Å². The number of sulfonamides is 1. The number of rotatable bonds is 8. The minimum atomic E-state index is -3.57. The van der Waals surface area contributed by atoms with E-state index in [9.17, 15) is 12.6 Å². The van der Waals surface area contributed by atoms with Crippen LogP contribution >= 0.6 is 0 Å². The smallest absolute Gasteiger partial charge is 0.241 e. The van der Waals surface area contributed by atoms with Crippen molar-refractivity contribution in [1.29, 1.82) is 0 Å². The maximum Gasteiger partial charge on any atom is 0.241 e. The van der Waals surface area contributed by atoms with Crippen LogP contribution in [0, 0.1) is 13.8 Å². The number of anilines is 1. The summed E-state index contributed by atoms with van der Waals surface area (Å²) >= 11 is 0. The second-order valence-electron chi connectivity index (χ2n) is 5.04. The molecule has 120 valence electrons. The highest BCUT2D eigenvalue weighted by Gasteiger charge is 2.19. The molecule has 0 saturated heterocycles. The molecule has 1 aromatic carbocycles. The van der Waals surface area contributed by atoms with Crippen molar-refractivity contribution in [1.82, 2.24) is 4.72 Å². The minimum Gasteiger partial charge on any atom is -0.385 e. The van der Waals surface area contributed by atoms with Crippen molar-refractivity contribution in [2.24, 2.45) is 0 Å². The van der Waals surface area contributed by atoms with Crippen molar-refractivity contribution in [3.63, 3.8) is 0 Å². The quantitative estimate of drug-likeness (QED) is 0.761. The first-order valence-electron chi connectivity index (χ1n) is 6.92. The lowest BCUT2D eigenvalue weighted by molar-refractivity contribution is 0.582. The van der Waals surface area contributed by atoms with Gasteiger partial charge in [0.15, 0.2) is 0 Å². The van der Waals surface area contributed by atoms with Crippen LogP contribution in [0.4, 0.5) is 5.69 Å². The van der Waals surface area contributed by atoms with E-state index in [1.165, 1.54) is 0 Å². The summed E-state index contributed by atoms with van der Waals surface area (Å²) in [6.45, 7) is 6.69. The summed E-state index contributed by atoms with van der Waals surface area (Å²) in [5, 5.41) is 3.26. The predicted molar refractivity (Wildman–Crippen MR) is 88.8 cm³/mol. The number of nitrogens with one attached hydrogen (secondary N) is 2. The fraction of sp³-hybridized carbons (Fsp3) is 0.571. The Balaban J connectivity index is 2.98. The van der Waals surface area contributed by atoms with Gasteiger partial charge >= 0.3 is 0 Å². The molecule has 0 fully saturated rings. The maximum atomic E-state index is 12.4. The molecule has 2 N–H and O–H groups in total. The van der Waals surface area contributed by atoms with Crippen LogP contribution in [0.25, 0.3) is 0 Å². The van der Waals surface area contributed by atoms with Gasteiger partial charge in [0, 0.05) is 41.6 Å². The SMILES string of the molecule is CCCNc1cc(C)c(S(=O)(=O)NCCS(C)=O)c(C)c1. The van der Waals surface area contributed by atoms with Crippen molar-refractivity contribution in [3.05, 3.63) is 23.3 Å². The molecule has 1 rings (SSSR count). The van der Waals surface area contributed by atoms with Crippen LogP contribution in [0.3, 0.4) is 0 Å². The average Bonchev–Trinajstić information content (AvgIpc) is 2.34. The molecule has 0 aromatic heterocycles. The van der Waals surface area contributed by atoms with Gasteiger partial charge in [0.1, 0.15) is 0 Å². The van der Waals surface area contributed by atoms with Crippen molar-refractivity contribution >= 4 is 26.5 Å². The van der Waals surface area contributed by atoms with E-state index in [0.717, 1.165) is 18.7 Å². The van der Waals surface area contributed by atoms with Gasteiger partial charge in [0.2, 0.25) is 10.0 Å². The molecule has 1 atom stereocenters. The van der Waals surface area contributed by atoms with Crippen LogP contribution < -0.4 is 10.0 Å². The molecule has 5 nitrogen and oxygen atoms in total. The van der Waals surface area contributed by atoms with E-state index >= 15 is 0 Å². The molecule has 1 aromatic rings. The second-order valence-corrected chi connectivity index (χ2v) is 8.30.